The standard InChI is InChI=1S/C11H16N6/c1-8-2-3-9(4-8)5-13-10-6-12-7-11-14-15-16-17(10)11/h6-9,13H,2-5H2,1H3. The Labute approximate surface area is 99.4 Å². The van der Waals surface area contributed by atoms with Crippen molar-refractivity contribution in [3.05, 3.63) is 12.4 Å². The molecule has 0 spiro atoms. The molecule has 1 saturated carbocycles. The molecular weight excluding hydrogens is 216 g/mol. The fourth-order valence-electron chi connectivity index (χ4n) is 2.56. The summed E-state index contributed by atoms with van der Waals surface area (Å²) in [6.07, 6.45) is 7.39. The molecule has 0 radical (unpaired) electrons. The van der Waals surface area contributed by atoms with Crippen LogP contribution in [0.4, 0.5) is 5.82 Å². The number of tetrazole rings is 1. The third kappa shape index (κ3) is 2.07. The Bertz CT molecular complexity index is 507. The number of aromatic nitrogens is 5. The van der Waals surface area contributed by atoms with Crippen LogP contribution >= 0.6 is 0 Å². The van der Waals surface area contributed by atoms with E-state index >= 15 is 0 Å². The molecule has 90 valence electrons. The van der Waals surface area contributed by atoms with Crippen molar-refractivity contribution in [2.24, 2.45) is 11.8 Å². The molecule has 3 rings (SSSR count). The summed E-state index contributed by atoms with van der Waals surface area (Å²) in [5.41, 5.74) is 0.676. The fourth-order valence-corrected chi connectivity index (χ4v) is 2.56. The molecular formula is C11H16N6. The molecule has 0 aromatic carbocycles. The van der Waals surface area contributed by atoms with Crippen LogP contribution in [-0.4, -0.2) is 31.6 Å². The first kappa shape index (κ1) is 10.4. The maximum atomic E-state index is 4.12. The van der Waals surface area contributed by atoms with Crippen LogP contribution < -0.4 is 5.32 Å². The minimum absolute atomic E-state index is 0.676. The quantitative estimate of drug-likeness (QED) is 0.865. The number of anilines is 1. The first-order chi connectivity index (χ1) is 8.33. The molecule has 6 nitrogen and oxygen atoms in total. The number of hydrogen-bond acceptors (Lipinski definition) is 5. The molecule has 1 aliphatic carbocycles. The Hall–Kier alpha value is -1.72. The number of nitrogens with one attached hydrogen (secondary N) is 1. The van der Waals surface area contributed by atoms with Gasteiger partial charge in [-0.25, -0.2) is 0 Å². The Morgan fingerprint density at radius 1 is 1.41 bits per heavy atom. The van der Waals surface area contributed by atoms with Crippen molar-refractivity contribution in [3.8, 4) is 0 Å². The highest BCUT2D eigenvalue weighted by Crippen LogP contribution is 2.30. The summed E-state index contributed by atoms with van der Waals surface area (Å²) in [6.45, 7) is 3.30. The van der Waals surface area contributed by atoms with Gasteiger partial charge in [0.15, 0.2) is 5.65 Å². The first-order valence-corrected chi connectivity index (χ1v) is 6.09. The molecule has 0 saturated heterocycles. The van der Waals surface area contributed by atoms with E-state index in [2.05, 4.69) is 32.7 Å². The van der Waals surface area contributed by atoms with Crippen LogP contribution in [0.25, 0.3) is 5.65 Å². The lowest BCUT2D eigenvalue weighted by Gasteiger charge is -2.12. The molecule has 1 N–H and O–H groups in total. The minimum Gasteiger partial charge on any atom is -0.368 e. The highest BCUT2D eigenvalue weighted by molar-refractivity contribution is 5.43. The van der Waals surface area contributed by atoms with Gasteiger partial charge in [0.25, 0.3) is 0 Å². The minimum atomic E-state index is 0.676. The van der Waals surface area contributed by atoms with Crippen LogP contribution in [0.5, 0.6) is 0 Å². The fraction of sp³-hybridized carbons (Fsp3) is 0.636. The van der Waals surface area contributed by atoms with E-state index in [0.29, 0.717) is 5.65 Å². The lowest BCUT2D eigenvalue weighted by molar-refractivity contribution is 0.535. The Balaban J connectivity index is 1.70. The summed E-state index contributed by atoms with van der Waals surface area (Å²) in [7, 11) is 0. The smallest absolute Gasteiger partial charge is 0.199 e. The summed E-state index contributed by atoms with van der Waals surface area (Å²) in [5, 5.41) is 14.8. The van der Waals surface area contributed by atoms with E-state index in [1.165, 1.54) is 19.3 Å². The second-order valence-electron chi connectivity index (χ2n) is 4.91. The molecule has 0 amide bonds. The van der Waals surface area contributed by atoms with E-state index in [1.54, 1.807) is 16.9 Å². The second kappa shape index (κ2) is 4.27. The summed E-state index contributed by atoms with van der Waals surface area (Å²) < 4.78 is 1.69. The van der Waals surface area contributed by atoms with E-state index in [9.17, 15) is 0 Å². The van der Waals surface area contributed by atoms with Crippen LogP contribution in [0.2, 0.25) is 0 Å². The van der Waals surface area contributed by atoms with Crippen LogP contribution in [0.3, 0.4) is 0 Å². The Morgan fingerprint density at radius 3 is 3.18 bits per heavy atom. The van der Waals surface area contributed by atoms with Gasteiger partial charge in [0.2, 0.25) is 0 Å². The van der Waals surface area contributed by atoms with Crippen LogP contribution in [0.15, 0.2) is 12.4 Å². The summed E-state index contributed by atoms with van der Waals surface area (Å²) in [6, 6.07) is 0. The van der Waals surface area contributed by atoms with Crippen molar-refractivity contribution in [1.29, 1.82) is 0 Å². The number of hydrogen-bond donors (Lipinski definition) is 1. The number of rotatable bonds is 3. The highest BCUT2D eigenvalue weighted by atomic mass is 15.5. The normalized spacial score (nSPS) is 24.3. The van der Waals surface area contributed by atoms with Crippen LogP contribution in [-0.2, 0) is 0 Å². The van der Waals surface area contributed by atoms with Crippen molar-refractivity contribution < 1.29 is 0 Å². The zero-order valence-corrected chi connectivity index (χ0v) is 9.87. The van der Waals surface area contributed by atoms with Gasteiger partial charge in [0.05, 0.1) is 12.4 Å². The number of fused-ring (bicyclic) bond motifs is 1. The van der Waals surface area contributed by atoms with Crippen molar-refractivity contribution in [2.45, 2.75) is 26.2 Å². The summed E-state index contributed by atoms with van der Waals surface area (Å²) in [5.74, 6) is 2.49. The van der Waals surface area contributed by atoms with Gasteiger partial charge in [-0.1, -0.05) is 13.3 Å². The van der Waals surface area contributed by atoms with Gasteiger partial charge >= 0.3 is 0 Å². The molecule has 2 aromatic heterocycles. The molecule has 1 aliphatic rings. The van der Waals surface area contributed by atoms with Gasteiger partial charge in [0.1, 0.15) is 5.82 Å². The van der Waals surface area contributed by atoms with E-state index in [-0.39, 0.29) is 0 Å². The van der Waals surface area contributed by atoms with Crippen molar-refractivity contribution >= 4 is 11.5 Å². The second-order valence-corrected chi connectivity index (χ2v) is 4.91. The first-order valence-electron chi connectivity index (χ1n) is 6.09. The van der Waals surface area contributed by atoms with Crippen LogP contribution in [0, 0.1) is 11.8 Å². The van der Waals surface area contributed by atoms with E-state index in [4.69, 9.17) is 0 Å². The van der Waals surface area contributed by atoms with E-state index < -0.39 is 0 Å². The highest BCUT2D eigenvalue weighted by Gasteiger charge is 2.21. The van der Waals surface area contributed by atoms with Gasteiger partial charge in [-0.05, 0) is 35.1 Å². The number of nitrogens with zero attached hydrogens (tertiary/aromatic N) is 5. The predicted molar refractivity (Wildman–Crippen MR) is 63.6 cm³/mol. The zero-order valence-electron chi connectivity index (χ0n) is 9.87. The van der Waals surface area contributed by atoms with Crippen molar-refractivity contribution in [3.63, 3.8) is 0 Å². The van der Waals surface area contributed by atoms with Gasteiger partial charge in [-0.2, -0.15) is 4.52 Å². The molecule has 2 heterocycles. The maximum absolute atomic E-state index is 4.12. The van der Waals surface area contributed by atoms with Gasteiger partial charge < -0.3 is 5.32 Å². The van der Waals surface area contributed by atoms with Crippen molar-refractivity contribution in [1.82, 2.24) is 25.0 Å². The third-order valence-corrected chi connectivity index (χ3v) is 3.48. The lowest BCUT2D eigenvalue weighted by Crippen LogP contribution is -2.14. The molecule has 0 aliphatic heterocycles. The van der Waals surface area contributed by atoms with E-state index in [0.717, 1.165) is 24.2 Å². The average molecular weight is 232 g/mol. The predicted octanol–water partition coefficient (Wildman–Crippen LogP) is 1.37. The van der Waals surface area contributed by atoms with Gasteiger partial charge in [0, 0.05) is 6.54 Å². The SMILES string of the molecule is CC1CCC(CNc2cncc3nnnn23)C1. The topological polar surface area (TPSA) is 68.0 Å². The monoisotopic (exact) mass is 232 g/mol. The van der Waals surface area contributed by atoms with Gasteiger partial charge in [-0.3, -0.25) is 4.98 Å². The lowest BCUT2D eigenvalue weighted by atomic mass is 10.1. The molecule has 1 fully saturated rings. The molecule has 2 unspecified atom stereocenters. The van der Waals surface area contributed by atoms with E-state index in [1.807, 2.05) is 0 Å². The van der Waals surface area contributed by atoms with Crippen LogP contribution in [0.1, 0.15) is 26.2 Å². The Morgan fingerprint density at radius 2 is 2.35 bits per heavy atom. The molecule has 0 bridgehead atoms. The maximum Gasteiger partial charge on any atom is 0.199 e. The summed E-state index contributed by atoms with van der Waals surface area (Å²) in [4.78, 5) is 4.12. The molecule has 2 atom stereocenters. The largest absolute Gasteiger partial charge is 0.368 e. The van der Waals surface area contributed by atoms with Gasteiger partial charge in [-0.15, -0.1) is 5.10 Å². The zero-order chi connectivity index (χ0) is 11.7. The molecule has 2 aromatic rings. The van der Waals surface area contributed by atoms with Crippen molar-refractivity contribution in [2.75, 3.05) is 11.9 Å². The average Bonchev–Trinajstić information content (AvgIpc) is 2.94. The summed E-state index contributed by atoms with van der Waals surface area (Å²) >= 11 is 0. The molecule has 17 heavy (non-hydrogen) atoms. The molecule has 6 heteroatoms. The Kier molecular flexibility index (Phi) is 2.62. The third-order valence-electron chi connectivity index (χ3n) is 3.48.